The molecular weight excluding hydrogens is 312 g/mol. The summed E-state index contributed by atoms with van der Waals surface area (Å²) >= 11 is 0. The second-order valence-corrected chi connectivity index (χ2v) is 7.37. The van der Waals surface area contributed by atoms with E-state index in [1.807, 2.05) is 32.0 Å². The Hall–Kier alpha value is -2.34. The molecular formula is C17H20N2O3S. The third kappa shape index (κ3) is 4.32. The summed E-state index contributed by atoms with van der Waals surface area (Å²) in [5.74, 6) is -0.279. The Morgan fingerprint density at radius 2 is 1.57 bits per heavy atom. The van der Waals surface area contributed by atoms with Crippen LogP contribution in [0.25, 0.3) is 0 Å². The second-order valence-electron chi connectivity index (χ2n) is 5.62. The zero-order valence-corrected chi connectivity index (χ0v) is 14.4. The van der Waals surface area contributed by atoms with Crippen LogP contribution in [0.5, 0.6) is 0 Å². The van der Waals surface area contributed by atoms with Crippen molar-refractivity contribution in [1.29, 1.82) is 0 Å². The number of amides is 1. The van der Waals surface area contributed by atoms with Crippen molar-refractivity contribution in [2.75, 3.05) is 16.3 Å². The molecule has 0 bridgehead atoms. The van der Waals surface area contributed by atoms with Crippen molar-refractivity contribution >= 4 is 27.3 Å². The maximum atomic E-state index is 12.5. The van der Waals surface area contributed by atoms with Crippen molar-refractivity contribution in [3.8, 4) is 0 Å². The van der Waals surface area contributed by atoms with Crippen molar-refractivity contribution in [2.45, 2.75) is 20.8 Å². The van der Waals surface area contributed by atoms with Crippen molar-refractivity contribution in [2.24, 2.45) is 0 Å². The van der Waals surface area contributed by atoms with E-state index in [2.05, 4.69) is 10.0 Å². The molecule has 2 N–H and O–H groups in total. The standard InChI is InChI=1S/C17H20N2O3S/c1-11-8-9-14(10-15(11)19-23(4,21)22)17(20)18-16-12(2)6-5-7-13(16)3/h5-10,19H,1-4H3,(H,18,20). The summed E-state index contributed by atoms with van der Waals surface area (Å²) in [6.45, 7) is 5.63. The Morgan fingerprint density at radius 1 is 0.957 bits per heavy atom. The SMILES string of the molecule is Cc1ccc(C(=O)Nc2c(C)cccc2C)cc1NS(C)(=O)=O. The van der Waals surface area contributed by atoms with Crippen LogP contribution in [0.3, 0.4) is 0 Å². The topological polar surface area (TPSA) is 75.3 Å². The fraction of sp³-hybridized carbons (Fsp3) is 0.235. The third-order valence-electron chi connectivity index (χ3n) is 3.51. The predicted octanol–water partition coefficient (Wildman–Crippen LogP) is 3.24. The van der Waals surface area contributed by atoms with Gasteiger partial charge in [-0.25, -0.2) is 8.42 Å². The van der Waals surface area contributed by atoms with Crippen molar-refractivity contribution in [3.05, 3.63) is 58.7 Å². The summed E-state index contributed by atoms with van der Waals surface area (Å²) in [6.07, 6.45) is 1.08. The molecule has 23 heavy (non-hydrogen) atoms. The normalized spacial score (nSPS) is 11.1. The number of hydrogen-bond acceptors (Lipinski definition) is 3. The van der Waals surface area contributed by atoms with E-state index in [9.17, 15) is 13.2 Å². The number of carbonyl (C=O) groups excluding carboxylic acids is 1. The average Bonchev–Trinajstić information content (AvgIpc) is 2.44. The molecule has 0 fully saturated rings. The number of sulfonamides is 1. The molecule has 0 aliphatic rings. The predicted molar refractivity (Wildman–Crippen MR) is 93.5 cm³/mol. The number of aryl methyl sites for hydroxylation is 3. The van der Waals surface area contributed by atoms with Gasteiger partial charge in [0.25, 0.3) is 5.91 Å². The molecule has 0 aliphatic carbocycles. The van der Waals surface area contributed by atoms with Gasteiger partial charge in [0.05, 0.1) is 11.9 Å². The number of carbonyl (C=O) groups is 1. The van der Waals surface area contributed by atoms with Gasteiger partial charge in [-0.3, -0.25) is 9.52 Å². The van der Waals surface area contributed by atoms with Gasteiger partial charge in [-0.1, -0.05) is 24.3 Å². The van der Waals surface area contributed by atoms with E-state index < -0.39 is 10.0 Å². The molecule has 0 spiro atoms. The minimum Gasteiger partial charge on any atom is -0.322 e. The Kier molecular flexibility index (Phi) is 4.75. The number of hydrogen-bond donors (Lipinski definition) is 2. The first-order valence-corrected chi connectivity index (χ1v) is 9.02. The molecule has 0 aromatic heterocycles. The van der Waals surface area contributed by atoms with Crippen LogP contribution >= 0.6 is 0 Å². The Bertz CT molecular complexity index is 838. The largest absolute Gasteiger partial charge is 0.322 e. The van der Waals surface area contributed by atoms with E-state index in [0.29, 0.717) is 11.3 Å². The number of benzene rings is 2. The van der Waals surface area contributed by atoms with Crippen LogP contribution in [-0.4, -0.2) is 20.6 Å². The van der Waals surface area contributed by atoms with Crippen LogP contribution < -0.4 is 10.0 Å². The van der Waals surface area contributed by atoms with Crippen LogP contribution in [0.2, 0.25) is 0 Å². The molecule has 0 atom stereocenters. The van der Waals surface area contributed by atoms with Crippen LogP contribution in [-0.2, 0) is 10.0 Å². The lowest BCUT2D eigenvalue weighted by Crippen LogP contribution is -2.15. The highest BCUT2D eigenvalue weighted by molar-refractivity contribution is 7.92. The smallest absolute Gasteiger partial charge is 0.255 e. The van der Waals surface area contributed by atoms with Gasteiger partial charge < -0.3 is 5.32 Å². The lowest BCUT2D eigenvalue weighted by molar-refractivity contribution is 0.102. The summed E-state index contributed by atoms with van der Waals surface area (Å²) in [5, 5.41) is 2.89. The van der Waals surface area contributed by atoms with Crippen LogP contribution in [0.1, 0.15) is 27.0 Å². The number of anilines is 2. The van der Waals surface area contributed by atoms with Gasteiger partial charge in [0.2, 0.25) is 10.0 Å². The quantitative estimate of drug-likeness (QED) is 0.902. The van der Waals surface area contributed by atoms with Gasteiger partial charge in [0, 0.05) is 11.3 Å². The molecule has 0 heterocycles. The molecule has 6 heteroatoms. The van der Waals surface area contributed by atoms with Gasteiger partial charge in [-0.2, -0.15) is 0 Å². The monoisotopic (exact) mass is 332 g/mol. The highest BCUT2D eigenvalue weighted by atomic mass is 32.2. The first-order chi connectivity index (χ1) is 10.7. The maximum Gasteiger partial charge on any atom is 0.255 e. The minimum atomic E-state index is -3.40. The van der Waals surface area contributed by atoms with Gasteiger partial charge in [0.1, 0.15) is 0 Å². The van der Waals surface area contributed by atoms with Crippen LogP contribution in [0, 0.1) is 20.8 Å². The molecule has 0 saturated heterocycles. The maximum absolute atomic E-state index is 12.5. The molecule has 122 valence electrons. The fourth-order valence-corrected chi connectivity index (χ4v) is 2.89. The fourth-order valence-electron chi connectivity index (χ4n) is 2.27. The van der Waals surface area contributed by atoms with Crippen LogP contribution in [0.4, 0.5) is 11.4 Å². The molecule has 2 aromatic carbocycles. The zero-order valence-electron chi connectivity index (χ0n) is 13.6. The number of nitrogens with one attached hydrogen (secondary N) is 2. The number of rotatable bonds is 4. The van der Waals surface area contributed by atoms with Gasteiger partial charge in [-0.05, 0) is 49.6 Å². The van der Waals surface area contributed by atoms with E-state index in [1.54, 1.807) is 25.1 Å². The summed E-state index contributed by atoms with van der Waals surface area (Å²) in [5.41, 5.74) is 4.26. The number of para-hydroxylation sites is 1. The van der Waals surface area contributed by atoms with Gasteiger partial charge >= 0.3 is 0 Å². The first-order valence-electron chi connectivity index (χ1n) is 7.13. The van der Waals surface area contributed by atoms with E-state index in [0.717, 1.165) is 28.6 Å². The summed E-state index contributed by atoms with van der Waals surface area (Å²) in [4.78, 5) is 12.5. The summed E-state index contributed by atoms with van der Waals surface area (Å²) in [7, 11) is -3.40. The van der Waals surface area contributed by atoms with Crippen molar-refractivity contribution in [3.63, 3.8) is 0 Å². The van der Waals surface area contributed by atoms with E-state index in [-0.39, 0.29) is 5.91 Å². The van der Waals surface area contributed by atoms with Crippen LogP contribution in [0.15, 0.2) is 36.4 Å². The molecule has 2 aromatic rings. The third-order valence-corrected chi connectivity index (χ3v) is 4.11. The molecule has 0 unspecified atom stereocenters. The van der Waals surface area contributed by atoms with E-state index in [1.165, 1.54) is 0 Å². The summed E-state index contributed by atoms with van der Waals surface area (Å²) < 4.78 is 25.2. The lowest BCUT2D eigenvalue weighted by atomic mass is 10.1. The van der Waals surface area contributed by atoms with Gasteiger partial charge in [-0.15, -0.1) is 0 Å². The molecule has 0 radical (unpaired) electrons. The zero-order chi connectivity index (χ0) is 17.2. The summed E-state index contributed by atoms with van der Waals surface area (Å²) in [6, 6.07) is 10.7. The first kappa shape index (κ1) is 17.0. The highest BCUT2D eigenvalue weighted by Gasteiger charge is 2.12. The Morgan fingerprint density at radius 3 is 2.13 bits per heavy atom. The van der Waals surface area contributed by atoms with E-state index >= 15 is 0 Å². The molecule has 5 nitrogen and oxygen atoms in total. The second kappa shape index (κ2) is 6.42. The highest BCUT2D eigenvalue weighted by Crippen LogP contribution is 2.22. The van der Waals surface area contributed by atoms with Crippen molar-refractivity contribution < 1.29 is 13.2 Å². The van der Waals surface area contributed by atoms with Crippen molar-refractivity contribution in [1.82, 2.24) is 0 Å². The minimum absolute atomic E-state index is 0.279. The Balaban J connectivity index is 2.32. The lowest BCUT2D eigenvalue weighted by Gasteiger charge is -2.13. The van der Waals surface area contributed by atoms with Gasteiger partial charge in [0.15, 0.2) is 0 Å². The molecule has 2 rings (SSSR count). The molecule has 0 saturated carbocycles. The van der Waals surface area contributed by atoms with E-state index in [4.69, 9.17) is 0 Å². The molecule has 0 aliphatic heterocycles. The average molecular weight is 332 g/mol. The molecule has 1 amide bonds. The Labute approximate surface area is 136 Å².